The largest absolute Gasteiger partial charge is 0.462 e. The first-order chi connectivity index (χ1) is 9.43. The summed E-state index contributed by atoms with van der Waals surface area (Å²) in [7, 11) is 0. The molecular formula is C15H25NO4. The van der Waals surface area contributed by atoms with Crippen LogP contribution in [0.1, 0.15) is 53.4 Å². The molecule has 5 heteroatoms. The molecule has 0 atom stereocenters. The number of hydrogen-bond donors (Lipinski definition) is 0. The van der Waals surface area contributed by atoms with E-state index in [1.807, 2.05) is 20.8 Å². The molecule has 1 saturated heterocycles. The van der Waals surface area contributed by atoms with Crippen molar-refractivity contribution in [1.82, 2.24) is 4.90 Å². The maximum Gasteiger partial charge on any atom is 0.415 e. The number of carbonyl (C=O) groups excluding carboxylic acids is 2. The first kappa shape index (κ1) is 16.5. The van der Waals surface area contributed by atoms with Crippen LogP contribution in [0, 0.1) is 0 Å². The van der Waals surface area contributed by atoms with Gasteiger partial charge in [-0.2, -0.15) is 0 Å². The Morgan fingerprint density at radius 3 is 2.55 bits per heavy atom. The highest BCUT2D eigenvalue weighted by Gasteiger charge is 2.44. The molecule has 20 heavy (non-hydrogen) atoms. The highest BCUT2D eigenvalue weighted by Crippen LogP contribution is 2.33. The zero-order valence-corrected chi connectivity index (χ0v) is 12.9. The second-order valence-electron chi connectivity index (χ2n) is 5.46. The molecule has 114 valence electrons. The van der Waals surface area contributed by atoms with Crippen molar-refractivity contribution >= 4 is 12.1 Å². The number of cyclic esters (lactones) is 1. The van der Waals surface area contributed by atoms with Gasteiger partial charge in [-0.1, -0.05) is 26.7 Å². The highest BCUT2D eigenvalue weighted by molar-refractivity contribution is 5.85. The molecule has 0 spiro atoms. The SMILES string of the molecule is CCCCOC(=O)/C=C1/OC(=O)N(CCCC)C1(C)C. The van der Waals surface area contributed by atoms with Gasteiger partial charge in [-0.25, -0.2) is 9.59 Å². The van der Waals surface area contributed by atoms with E-state index in [4.69, 9.17) is 9.47 Å². The van der Waals surface area contributed by atoms with Gasteiger partial charge in [-0.3, -0.25) is 4.90 Å². The molecule has 0 saturated carbocycles. The minimum Gasteiger partial charge on any atom is -0.462 e. The van der Waals surface area contributed by atoms with Crippen molar-refractivity contribution in [3.63, 3.8) is 0 Å². The van der Waals surface area contributed by atoms with Crippen LogP contribution in [0.4, 0.5) is 4.79 Å². The molecule has 1 fully saturated rings. The Morgan fingerprint density at radius 1 is 1.30 bits per heavy atom. The summed E-state index contributed by atoms with van der Waals surface area (Å²) in [6.07, 6.45) is 4.61. The van der Waals surface area contributed by atoms with Crippen LogP contribution in [0.2, 0.25) is 0 Å². The number of hydrogen-bond acceptors (Lipinski definition) is 4. The van der Waals surface area contributed by atoms with E-state index in [0.717, 1.165) is 25.7 Å². The third kappa shape index (κ3) is 3.99. The maximum absolute atomic E-state index is 11.9. The van der Waals surface area contributed by atoms with Crippen molar-refractivity contribution in [2.45, 2.75) is 58.9 Å². The molecule has 0 N–H and O–H groups in total. The molecular weight excluding hydrogens is 258 g/mol. The number of nitrogens with zero attached hydrogens (tertiary/aromatic N) is 1. The van der Waals surface area contributed by atoms with Crippen molar-refractivity contribution in [2.24, 2.45) is 0 Å². The summed E-state index contributed by atoms with van der Waals surface area (Å²) in [5.74, 6) is -0.0910. The summed E-state index contributed by atoms with van der Waals surface area (Å²) in [6.45, 7) is 8.87. The standard InChI is InChI=1S/C15H25NO4/c1-5-7-9-16-14(18)20-12(15(16,3)4)11-13(17)19-10-8-6-2/h11H,5-10H2,1-4H3/b12-11+. The molecule has 0 aromatic rings. The van der Waals surface area contributed by atoms with Crippen molar-refractivity contribution in [1.29, 1.82) is 0 Å². The second-order valence-corrected chi connectivity index (χ2v) is 5.46. The van der Waals surface area contributed by atoms with Gasteiger partial charge in [0.2, 0.25) is 0 Å². The second kappa shape index (κ2) is 7.31. The first-order valence-electron chi connectivity index (χ1n) is 7.31. The van der Waals surface area contributed by atoms with Crippen molar-refractivity contribution in [2.75, 3.05) is 13.2 Å². The lowest BCUT2D eigenvalue weighted by Crippen LogP contribution is -2.41. The van der Waals surface area contributed by atoms with Gasteiger partial charge < -0.3 is 9.47 Å². The number of carbonyl (C=O) groups is 2. The Morgan fingerprint density at radius 2 is 1.95 bits per heavy atom. The predicted octanol–water partition coefficient (Wildman–Crippen LogP) is 3.24. The van der Waals surface area contributed by atoms with Gasteiger partial charge in [-0.15, -0.1) is 0 Å². The smallest absolute Gasteiger partial charge is 0.415 e. The number of ether oxygens (including phenoxy) is 2. The Balaban J connectivity index is 2.71. The van der Waals surface area contributed by atoms with E-state index in [-0.39, 0.29) is 0 Å². The first-order valence-corrected chi connectivity index (χ1v) is 7.31. The minimum atomic E-state index is -0.601. The van der Waals surface area contributed by atoms with Crippen molar-refractivity contribution in [3.05, 3.63) is 11.8 Å². The fourth-order valence-corrected chi connectivity index (χ4v) is 1.99. The van der Waals surface area contributed by atoms with E-state index >= 15 is 0 Å². The van der Waals surface area contributed by atoms with E-state index in [2.05, 4.69) is 6.92 Å². The van der Waals surface area contributed by atoms with Gasteiger partial charge in [0.05, 0.1) is 18.2 Å². The Kier molecular flexibility index (Phi) is 6.05. The molecule has 0 aliphatic carbocycles. The summed E-state index contributed by atoms with van der Waals surface area (Å²) < 4.78 is 10.3. The Labute approximate surface area is 120 Å². The summed E-state index contributed by atoms with van der Waals surface area (Å²) in [5, 5.41) is 0. The van der Waals surface area contributed by atoms with Crippen LogP contribution in [0.15, 0.2) is 11.8 Å². The molecule has 0 radical (unpaired) electrons. The lowest BCUT2D eigenvalue weighted by molar-refractivity contribution is -0.138. The normalized spacial score (nSPS) is 19.3. The van der Waals surface area contributed by atoms with Gasteiger partial charge >= 0.3 is 12.1 Å². The molecule has 1 rings (SSSR count). The fraction of sp³-hybridized carbons (Fsp3) is 0.733. The molecule has 0 aromatic carbocycles. The van der Waals surface area contributed by atoms with E-state index in [1.54, 1.807) is 4.90 Å². The maximum atomic E-state index is 11.9. The van der Waals surface area contributed by atoms with E-state index < -0.39 is 17.6 Å². The molecule has 1 amide bonds. The van der Waals surface area contributed by atoms with Crippen LogP contribution in [0.3, 0.4) is 0 Å². The van der Waals surface area contributed by atoms with Crippen LogP contribution in [0.5, 0.6) is 0 Å². The van der Waals surface area contributed by atoms with Gasteiger partial charge in [0, 0.05) is 6.54 Å². The monoisotopic (exact) mass is 283 g/mol. The van der Waals surface area contributed by atoms with Crippen LogP contribution in [0.25, 0.3) is 0 Å². The summed E-state index contributed by atoms with van der Waals surface area (Å²) >= 11 is 0. The third-order valence-electron chi connectivity index (χ3n) is 3.42. The van der Waals surface area contributed by atoms with Crippen LogP contribution in [-0.2, 0) is 14.3 Å². The molecule has 5 nitrogen and oxygen atoms in total. The predicted molar refractivity (Wildman–Crippen MR) is 76.1 cm³/mol. The molecule has 0 unspecified atom stereocenters. The average Bonchev–Trinajstić information content (AvgIpc) is 2.58. The topological polar surface area (TPSA) is 55.8 Å². The molecule has 0 aromatic heterocycles. The van der Waals surface area contributed by atoms with E-state index in [9.17, 15) is 9.59 Å². The van der Waals surface area contributed by atoms with Crippen LogP contribution in [-0.4, -0.2) is 35.7 Å². The van der Waals surface area contributed by atoms with E-state index in [1.165, 1.54) is 6.08 Å². The number of esters is 1. The van der Waals surface area contributed by atoms with E-state index in [0.29, 0.717) is 18.9 Å². The quantitative estimate of drug-likeness (QED) is 0.409. The zero-order chi connectivity index (χ0) is 15.2. The van der Waals surface area contributed by atoms with Crippen molar-refractivity contribution in [3.8, 4) is 0 Å². The third-order valence-corrected chi connectivity index (χ3v) is 3.42. The van der Waals surface area contributed by atoms with Crippen LogP contribution >= 0.6 is 0 Å². The summed E-state index contributed by atoms with van der Waals surface area (Å²) in [6, 6.07) is 0. The fourth-order valence-electron chi connectivity index (χ4n) is 1.99. The Hall–Kier alpha value is -1.52. The van der Waals surface area contributed by atoms with Gasteiger partial charge in [0.15, 0.2) is 0 Å². The van der Waals surface area contributed by atoms with Crippen LogP contribution < -0.4 is 0 Å². The molecule has 1 aliphatic rings. The number of amides is 1. The Bertz CT molecular complexity index is 387. The molecule has 1 heterocycles. The van der Waals surface area contributed by atoms with Crippen molar-refractivity contribution < 1.29 is 19.1 Å². The number of unbranched alkanes of at least 4 members (excludes halogenated alkanes) is 2. The highest BCUT2D eigenvalue weighted by atomic mass is 16.6. The lowest BCUT2D eigenvalue weighted by atomic mass is 10.0. The average molecular weight is 283 g/mol. The van der Waals surface area contributed by atoms with Gasteiger partial charge in [0.25, 0.3) is 0 Å². The molecule has 1 aliphatic heterocycles. The summed E-state index contributed by atoms with van der Waals surface area (Å²) in [5.41, 5.74) is -0.601. The van der Waals surface area contributed by atoms with Gasteiger partial charge in [-0.05, 0) is 26.7 Å². The minimum absolute atomic E-state index is 0.361. The zero-order valence-electron chi connectivity index (χ0n) is 12.9. The summed E-state index contributed by atoms with van der Waals surface area (Å²) in [4.78, 5) is 25.2. The molecule has 0 bridgehead atoms. The lowest BCUT2D eigenvalue weighted by Gasteiger charge is -2.28. The van der Waals surface area contributed by atoms with Gasteiger partial charge in [0.1, 0.15) is 5.76 Å². The number of rotatable bonds is 7.